The van der Waals surface area contributed by atoms with Gasteiger partial charge in [-0.25, -0.2) is 0 Å². The molecule has 20 heavy (non-hydrogen) atoms. The summed E-state index contributed by atoms with van der Waals surface area (Å²) < 4.78 is 5.24. The zero-order valence-corrected chi connectivity index (χ0v) is 14.0. The molecule has 0 aliphatic rings. The van der Waals surface area contributed by atoms with Gasteiger partial charge in [-0.1, -0.05) is 36.8 Å². The Morgan fingerprint density at radius 1 is 1.15 bits per heavy atom. The summed E-state index contributed by atoms with van der Waals surface area (Å²) in [6.45, 7) is 13.0. The smallest absolute Gasteiger partial charge is 0.0465 e. The van der Waals surface area contributed by atoms with E-state index in [0.29, 0.717) is 11.8 Å². The van der Waals surface area contributed by atoms with Crippen LogP contribution in [0.4, 0.5) is 0 Å². The van der Waals surface area contributed by atoms with Crippen molar-refractivity contribution in [1.29, 1.82) is 0 Å². The molecule has 114 valence electrons. The molecule has 1 aromatic carbocycles. The molecule has 0 fully saturated rings. The van der Waals surface area contributed by atoms with Crippen molar-refractivity contribution in [1.82, 2.24) is 5.32 Å². The van der Waals surface area contributed by atoms with Crippen LogP contribution in [0.15, 0.2) is 24.3 Å². The van der Waals surface area contributed by atoms with E-state index in [9.17, 15) is 0 Å². The van der Waals surface area contributed by atoms with Crippen molar-refractivity contribution in [2.75, 3.05) is 20.3 Å². The van der Waals surface area contributed by atoms with Crippen LogP contribution in [0.1, 0.15) is 51.2 Å². The third-order valence-corrected chi connectivity index (χ3v) is 3.82. The molecule has 2 heteroatoms. The lowest BCUT2D eigenvalue weighted by Gasteiger charge is -2.29. The molecule has 1 N–H and O–H groups in total. The first-order chi connectivity index (χ1) is 9.33. The lowest BCUT2D eigenvalue weighted by molar-refractivity contribution is 0.172. The SMILES string of the molecule is COCCC(C)C(CNC(C)(C)C)c1ccc(C)cc1. The van der Waals surface area contributed by atoms with Crippen LogP contribution in [0.25, 0.3) is 0 Å². The minimum atomic E-state index is 0.157. The van der Waals surface area contributed by atoms with E-state index < -0.39 is 0 Å². The van der Waals surface area contributed by atoms with E-state index in [1.165, 1.54) is 11.1 Å². The quantitative estimate of drug-likeness (QED) is 0.809. The zero-order valence-electron chi connectivity index (χ0n) is 14.0. The highest BCUT2D eigenvalue weighted by molar-refractivity contribution is 5.25. The van der Waals surface area contributed by atoms with E-state index in [4.69, 9.17) is 4.74 Å². The molecule has 0 bridgehead atoms. The van der Waals surface area contributed by atoms with Crippen LogP contribution in [0, 0.1) is 12.8 Å². The Morgan fingerprint density at radius 3 is 2.25 bits per heavy atom. The lowest BCUT2D eigenvalue weighted by Crippen LogP contribution is -2.39. The molecule has 0 saturated heterocycles. The lowest BCUT2D eigenvalue weighted by atomic mass is 9.84. The van der Waals surface area contributed by atoms with E-state index in [1.54, 1.807) is 7.11 Å². The highest BCUT2D eigenvalue weighted by Crippen LogP contribution is 2.27. The summed E-state index contributed by atoms with van der Waals surface area (Å²) in [6, 6.07) is 8.96. The second kappa shape index (κ2) is 7.80. The Labute approximate surface area is 124 Å². The van der Waals surface area contributed by atoms with Crippen molar-refractivity contribution in [2.24, 2.45) is 5.92 Å². The van der Waals surface area contributed by atoms with E-state index in [-0.39, 0.29) is 5.54 Å². The molecule has 0 aromatic heterocycles. The van der Waals surface area contributed by atoms with Crippen LogP contribution in [0.2, 0.25) is 0 Å². The predicted octanol–water partition coefficient (Wildman–Crippen LogP) is 4.14. The maximum Gasteiger partial charge on any atom is 0.0465 e. The molecular weight excluding hydrogens is 246 g/mol. The van der Waals surface area contributed by atoms with Crippen LogP contribution in [-0.2, 0) is 4.74 Å². The third-order valence-electron chi connectivity index (χ3n) is 3.82. The van der Waals surface area contributed by atoms with Gasteiger partial charge in [-0.2, -0.15) is 0 Å². The summed E-state index contributed by atoms with van der Waals surface area (Å²) in [6.07, 6.45) is 1.10. The fraction of sp³-hybridized carbons (Fsp3) is 0.667. The largest absolute Gasteiger partial charge is 0.385 e. The number of methoxy groups -OCH3 is 1. The first-order valence-corrected chi connectivity index (χ1v) is 7.64. The van der Waals surface area contributed by atoms with Gasteiger partial charge in [0.15, 0.2) is 0 Å². The third kappa shape index (κ3) is 6.06. The molecule has 0 saturated carbocycles. The molecular formula is C18H31NO. The predicted molar refractivity (Wildman–Crippen MR) is 87.3 cm³/mol. The second-order valence-electron chi connectivity index (χ2n) is 6.91. The van der Waals surface area contributed by atoms with Crippen molar-refractivity contribution in [3.63, 3.8) is 0 Å². The van der Waals surface area contributed by atoms with Gasteiger partial charge in [-0.3, -0.25) is 0 Å². The van der Waals surface area contributed by atoms with Crippen LogP contribution >= 0.6 is 0 Å². The highest BCUT2D eigenvalue weighted by Gasteiger charge is 2.21. The summed E-state index contributed by atoms with van der Waals surface area (Å²) >= 11 is 0. The number of rotatable bonds is 7. The highest BCUT2D eigenvalue weighted by atomic mass is 16.5. The van der Waals surface area contributed by atoms with Crippen molar-refractivity contribution in [3.05, 3.63) is 35.4 Å². The van der Waals surface area contributed by atoms with Gasteiger partial charge in [0.25, 0.3) is 0 Å². The van der Waals surface area contributed by atoms with Crippen LogP contribution < -0.4 is 5.32 Å². The maximum absolute atomic E-state index is 5.24. The normalized spacial score (nSPS) is 15.1. The molecule has 0 aliphatic heterocycles. The molecule has 0 aliphatic carbocycles. The van der Waals surface area contributed by atoms with Crippen molar-refractivity contribution < 1.29 is 4.74 Å². The summed E-state index contributed by atoms with van der Waals surface area (Å²) in [7, 11) is 1.78. The minimum absolute atomic E-state index is 0.157. The minimum Gasteiger partial charge on any atom is -0.385 e. The van der Waals surface area contributed by atoms with Gasteiger partial charge >= 0.3 is 0 Å². The van der Waals surface area contributed by atoms with E-state index in [2.05, 4.69) is 64.2 Å². The molecule has 2 nitrogen and oxygen atoms in total. The van der Waals surface area contributed by atoms with Gasteiger partial charge in [0.1, 0.15) is 0 Å². The summed E-state index contributed by atoms with van der Waals surface area (Å²) in [5, 5.41) is 3.65. The maximum atomic E-state index is 5.24. The topological polar surface area (TPSA) is 21.3 Å². The number of ether oxygens (including phenoxy) is 1. The standard InChI is InChI=1S/C18H31NO/c1-14-7-9-16(10-8-14)17(13-19-18(3,4)5)15(2)11-12-20-6/h7-10,15,17,19H,11-13H2,1-6H3. The van der Waals surface area contributed by atoms with Crippen LogP contribution in [0.5, 0.6) is 0 Å². The van der Waals surface area contributed by atoms with E-state index in [0.717, 1.165) is 19.6 Å². The number of hydrogen-bond acceptors (Lipinski definition) is 2. The Hall–Kier alpha value is -0.860. The van der Waals surface area contributed by atoms with Gasteiger partial charge in [0.2, 0.25) is 0 Å². The Bertz CT molecular complexity index is 377. The van der Waals surface area contributed by atoms with E-state index >= 15 is 0 Å². The van der Waals surface area contributed by atoms with Gasteiger partial charge in [-0.15, -0.1) is 0 Å². The summed E-state index contributed by atoms with van der Waals surface area (Å²) in [4.78, 5) is 0. The number of nitrogens with one attached hydrogen (secondary N) is 1. The van der Waals surface area contributed by atoms with Crippen molar-refractivity contribution in [2.45, 2.75) is 52.5 Å². The molecule has 2 unspecified atom stereocenters. The average Bonchev–Trinajstić information content (AvgIpc) is 2.37. The van der Waals surface area contributed by atoms with Gasteiger partial charge in [0, 0.05) is 25.8 Å². The van der Waals surface area contributed by atoms with Gasteiger partial charge < -0.3 is 10.1 Å². The van der Waals surface area contributed by atoms with Crippen molar-refractivity contribution >= 4 is 0 Å². The van der Waals surface area contributed by atoms with Crippen molar-refractivity contribution in [3.8, 4) is 0 Å². The fourth-order valence-electron chi connectivity index (χ4n) is 2.38. The Morgan fingerprint density at radius 2 is 1.75 bits per heavy atom. The zero-order chi connectivity index (χ0) is 15.2. The summed E-state index contributed by atoms with van der Waals surface area (Å²) in [5.41, 5.74) is 2.90. The second-order valence-corrected chi connectivity index (χ2v) is 6.91. The number of benzene rings is 1. The van der Waals surface area contributed by atoms with E-state index in [1.807, 2.05) is 0 Å². The van der Waals surface area contributed by atoms with Gasteiger partial charge in [-0.05, 0) is 51.5 Å². The average molecular weight is 277 g/mol. The molecule has 0 spiro atoms. The molecule has 0 heterocycles. The first kappa shape index (κ1) is 17.2. The molecule has 1 rings (SSSR count). The van der Waals surface area contributed by atoms with Crippen LogP contribution in [0.3, 0.4) is 0 Å². The van der Waals surface area contributed by atoms with Crippen LogP contribution in [-0.4, -0.2) is 25.8 Å². The van der Waals surface area contributed by atoms with Gasteiger partial charge in [0.05, 0.1) is 0 Å². The molecule has 0 amide bonds. The number of aryl methyl sites for hydroxylation is 1. The molecule has 2 atom stereocenters. The fourth-order valence-corrected chi connectivity index (χ4v) is 2.38. The monoisotopic (exact) mass is 277 g/mol. The molecule has 0 radical (unpaired) electrons. The number of hydrogen-bond donors (Lipinski definition) is 1. The Balaban J connectivity index is 2.80. The molecule has 1 aromatic rings. The summed E-state index contributed by atoms with van der Waals surface area (Å²) in [5.74, 6) is 1.14. The Kier molecular flexibility index (Phi) is 6.70. The first-order valence-electron chi connectivity index (χ1n) is 7.64.